The van der Waals surface area contributed by atoms with Crippen LogP contribution in [0, 0.1) is 5.82 Å². The number of halogens is 1. The lowest BCUT2D eigenvalue weighted by molar-refractivity contribution is 0.587. The van der Waals surface area contributed by atoms with Crippen molar-refractivity contribution in [2.45, 2.75) is 6.42 Å². The first-order valence-corrected chi connectivity index (χ1v) is 8.78. The van der Waals surface area contributed by atoms with Gasteiger partial charge in [0.15, 0.2) is 0 Å². The van der Waals surface area contributed by atoms with E-state index in [4.69, 9.17) is 0 Å². The number of nitrogens with zero attached hydrogens (tertiary/aromatic N) is 2. The van der Waals surface area contributed by atoms with E-state index in [1.807, 2.05) is 6.07 Å². The summed E-state index contributed by atoms with van der Waals surface area (Å²) in [6, 6.07) is 13.2. The molecule has 0 atom stereocenters. The van der Waals surface area contributed by atoms with Gasteiger partial charge in [0.2, 0.25) is 0 Å². The van der Waals surface area contributed by atoms with Crippen molar-refractivity contribution >= 4 is 27.3 Å². The van der Waals surface area contributed by atoms with Crippen LogP contribution in [0.25, 0.3) is 0 Å². The number of anilines is 3. The molecule has 0 aliphatic carbocycles. The zero-order valence-electron chi connectivity index (χ0n) is 12.7. The molecule has 0 saturated carbocycles. The molecule has 0 aromatic heterocycles. The third-order valence-electron chi connectivity index (χ3n) is 3.72. The largest absolute Gasteiger partial charge is 0.331 e. The Bertz CT molecular complexity index is 796. The highest BCUT2D eigenvalue weighted by atomic mass is 32.2. The van der Waals surface area contributed by atoms with Crippen LogP contribution in [0.1, 0.15) is 6.42 Å². The van der Waals surface area contributed by atoms with E-state index in [0.29, 0.717) is 24.3 Å². The fourth-order valence-electron chi connectivity index (χ4n) is 2.72. The van der Waals surface area contributed by atoms with Crippen LogP contribution in [0.15, 0.2) is 48.5 Å². The van der Waals surface area contributed by atoms with Gasteiger partial charge in [0.05, 0.1) is 11.4 Å². The van der Waals surface area contributed by atoms with Gasteiger partial charge in [0.1, 0.15) is 11.5 Å². The van der Waals surface area contributed by atoms with Crippen LogP contribution in [0.5, 0.6) is 0 Å². The number of hydrogen-bond donors (Lipinski definition) is 1. The van der Waals surface area contributed by atoms with E-state index < -0.39 is 16.0 Å². The summed E-state index contributed by atoms with van der Waals surface area (Å²) in [5, 5.41) is 2.97. The molecule has 1 N–H and O–H groups in total. The number of benzene rings is 2. The Morgan fingerprint density at radius 2 is 1.83 bits per heavy atom. The monoisotopic (exact) mass is 335 g/mol. The van der Waals surface area contributed by atoms with Crippen molar-refractivity contribution in [2.24, 2.45) is 0 Å². The summed E-state index contributed by atoms with van der Waals surface area (Å²) in [7, 11) is -2.05. The van der Waals surface area contributed by atoms with Crippen LogP contribution < -0.4 is 13.9 Å². The molecule has 7 heteroatoms. The Balaban J connectivity index is 2.11. The summed E-state index contributed by atoms with van der Waals surface area (Å²) >= 11 is 0. The Labute approximate surface area is 135 Å². The van der Waals surface area contributed by atoms with Crippen molar-refractivity contribution in [3.8, 4) is 0 Å². The van der Waals surface area contributed by atoms with Crippen molar-refractivity contribution in [1.29, 1.82) is 0 Å². The number of hydrogen-bond acceptors (Lipinski definition) is 3. The maximum Gasteiger partial charge on any atom is 0.331 e. The van der Waals surface area contributed by atoms with Gasteiger partial charge >= 0.3 is 10.2 Å². The molecule has 0 radical (unpaired) electrons. The highest BCUT2D eigenvalue weighted by Gasteiger charge is 2.42. The van der Waals surface area contributed by atoms with E-state index in [-0.39, 0.29) is 12.2 Å². The van der Waals surface area contributed by atoms with Crippen molar-refractivity contribution in [1.82, 2.24) is 5.32 Å². The summed E-state index contributed by atoms with van der Waals surface area (Å²) < 4.78 is 42.6. The number of rotatable bonds is 5. The van der Waals surface area contributed by atoms with Gasteiger partial charge in [-0.05, 0) is 44.3 Å². The SMILES string of the molecule is CNCCCN1c2c(F)cccc2N(c2ccccc2)S1(=O)=O. The van der Waals surface area contributed by atoms with Gasteiger partial charge < -0.3 is 5.32 Å². The zero-order chi connectivity index (χ0) is 16.4. The predicted molar refractivity (Wildman–Crippen MR) is 89.8 cm³/mol. The molecule has 0 amide bonds. The second-order valence-electron chi connectivity index (χ2n) is 5.24. The molecule has 1 aliphatic rings. The molecule has 5 nitrogen and oxygen atoms in total. The molecule has 1 heterocycles. The molecule has 2 aromatic rings. The molecule has 0 bridgehead atoms. The third-order valence-corrected chi connectivity index (χ3v) is 5.51. The second-order valence-corrected chi connectivity index (χ2v) is 6.95. The van der Waals surface area contributed by atoms with E-state index in [0.717, 1.165) is 4.31 Å². The molecular formula is C16H18FN3O2S. The Morgan fingerprint density at radius 1 is 1.09 bits per heavy atom. The Hall–Kier alpha value is -2.12. The topological polar surface area (TPSA) is 52.6 Å². The fourth-order valence-corrected chi connectivity index (χ4v) is 4.47. The smallest absolute Gasteiger partial charge is 0.320 e. The summed E-state index contributed by atoms with van der Waals surface area (Å²) in [6.45, 7) is 0.877. The van der Waals surface area contributed by atoms with Gasteiger partial charge in [0, 0.05) is 6.54 Å². The number of para-hydroxylation sites is 2. The van der Waals surface area contributed by atoms with Gasteiger partial charge in [-0.15, -0.1) is 0 Å². The molecular weight excluding hydrogens is 317 g/mol. The second kappa shape index (κ2) is 6.17. The highest BCUT2D eigenvalue weighted by Crippen LogP contribution is 2.46. The maximum atomic E-state index is 14.3. The molecule has 2 aromatic carbocycles. The average molecular weight is 335 g/mol. The van der Waals surface area contributed by atoms with Crippen LogP contribution in [0.4, 0.5) is 21.5 Å². The molecule has 0 saturated heterocycles. The summed E-state index contributed by atoms with van der Waals surface area (Å²) in [5.41, 5.74) is 0.962. The lowest BCUT2D eigenvalue weighted by Crippen LogP contribution is -2.37. The normalized spacial score (nSPS) is 15.7. The van der Waals surface area contributed by atoms with E-state index in [2.05, 4.69) is 5.32 Å². The minimum absolute atomic E-state index is 0.118. The lowest BCUT2D eigenvalue weighted by atomic mass is 10.2. The molecule has 0 fully saturated rings. The number of fused-ring (bicyclic) bond motifs is 1. The van der Waals surface area contributed by atoms with Crippen LogP contribution in [0.3, 0.4) is 0 Å². The van der Waals surface area contributed by atoms with Gasteiger partial charge in [0.25, 0.3) is 0 Å². The van der Waals surface area contributed by atoms with Crippen LogP contribution >= 0.6 is 0 Å². The molecule has 122 valence electrons. The minimum atomic E-state index is -3.84. The number of nitrogens with one attached hydrogen (secondary N) is 1. The molecule has 3 rings (SSSR count). The first-order valence-electron chi connectivity index (χ1n) is 7.38. The average Bonchev–Trinajstić information content (AvgIpc) is 2.76. The van der Waals surface area contributed by atoms with Crippen molar-refractivity contribution in [3.63, 3.8) is 0 Å². The molecule has 0 unspecified atom stereocenters. The van der Waals surface area contributed by atoms with Crippen molar-refractivity contribution in [3.05, 3.63) is 54.3 Å². The molecule has 1 aliphatic heterocycles. The lowest BCUT2D eigenvalue weighted by Gasteiger charge is -2.21. The summed E-state index contributed by atoms with van der Waals surface area (Å²) in [4.78, 5) is 0. The van der Waals surface area contributed by atoms with Crippen LogP contribution in [0.2, 0.25) is 0 Å². The first-order chi connectivity index (χ1) is 11.1. The quantitative estimate of drug-likeness (QED) is 0.855. The summed E-state index contributed by atoms with van der Waals surface area (Å²) in [6.07, 6.45) is 0.589. The van der Waals surface area contributed by atoms with E-state index in [1.165, 1.54) is 16.4 Å². The third kappa shape index (κ3) is 2.66. The standard InChI is InChI=1S/C16H18FN3O2S/c1-18-11-6-12-19-16-14(17)9-5-10-15(16)20(23(19,21)22)13-7-3-2-4-8-13/h2-5,7-10,18H,6,11-12H2,1H3. The van der Waals surface area contributed by atoms with E-state index in [1.54, 1.807) is 37.4 Å². The first kappa shape index (κ1) is 15.8. The van der Waals surface area contributed by atoms with Crippen LogP contribution in [-0.2, 0) is 10.2 Å². The van der Waals surface area contributed by atoms with Gasteiger partial charge in [-0.1, -0.05) is 24.3 Å². The maximum absolute atomic E-state index is 14.3. The van der Waals surface area contributed by atoms with Crippen LogP contribution in [-0.4, -0.2) is 28.6 Å². The zero-order valence-corrected chi connectivity index (χ0v) is 13.6. The molecule has 0 spiro atoms. The Kier molecular flexibility index (Phi) is 4.23. The minimum Gasteiger partial charge on any atom is -0.320 e. The van der Waals surface area contributed by atoms with Crippen molar-refractivity contribution < 1.29 is 12.8 Å². The summed E-state index contributed by atoms with van der Waals surface area (Å²) in [5.74, 6) is -0.533. The van der Waals surface area contributed by atoms with E-state index >= 15 is 0 Å². The Morgan fingerprint density at radius 3 is 2.52 bits per heavy atom. The molecule has 23 heavy (non-hydrogen) atoms. The van der Waals surface area contributed by atoms with Gasteiger partial charge in [-0.25, -0.2) is 13.0 Å². The fraction of sp³-hybridized carbons (Fsp3) is 0.250. The van der Waals surface area contributed by atoms with Gasteiger partial charge in [-0.2, -0.15) is 8.42 Å². The van der Waals surface area contributed by atoms with Crippen molar-refractivity contribution in [2.75, 3.05) is 28.7 Å². The van der Waals surface area contributed by atoms with E-state index in [9.17, 15) is 12.8 Å². The predicted octanol–water partition coefficient (Wildman–Crippen LogP) is 2.64. The highest BCUT2D eigenvalue weighted by molar-refractivity contribution is 7.95. The van der Waals surface area contributed by atoms with Gasteiger partial charge in [-0.3, -0.25) is 0 Å².